The number of ether oxygens (including phenoxy) is 1. The smallest absolute Gasteiger partial charge is 0.137 e. The Hall–Kier alpha value is -1.61. The van der Waals surface area contributed by atoms with Gasteiger partial charge in [-0.25, -0.2) is 0 Å². The van der Waals surface area contributed by atoms with Crippen LogP contribution in [-0.4, -0.2) is 5.78 Å². The normalized spacial score (nSPS) is 11.4. The standard InChI is InChI=1S/C22H27BrO2/c1-15-10-20(25-14-17-6-8-18(23)9-7-17)11-16(2)21(15)12-19(24)13-22(3,4)5/h6-11H,12-14H2,1-5H3. The number of halogens is 1. The lowest BCUT2D eigenvalue weighted by Crippen LogP contribution is -2.15. The molecule has 0 spiro atoms. The largest absolute Gasteiger partial charge is 0.489 e. The van der Waals surface area contributed by atoms with Crippen LogP contribution >= 0.6 is 15.9 Å². The molecule has 0 saturated heterocycles. The Morgan fingerprint density at radius 2 is 1.60 bits per heavy atom. The first-order chi connectivity index (χ1) is 11.6. The number of rotatable bonds is 6. The van der Waals surface area contributed by atoms with Gasteiger partial charge in [-0.3, -0.25) is 4.79 Å². The average molecular weight is 403 g/mol. The molecule has 0 N–H and O–H groups in total. The van der Waals surface area contributed by atoms with Crippen LogP contribution in [0.1, 0.15) is 49.4 Å². The van der Waals surface area contributed by atoms with E-state index >= 15 is 0 Å². The SMILES string of the molecule is Cc1cc(OCc2ccc(Br)cc2)cc(C)c1CC(=O)CC(C)(C)C. The number of hydrogen-bond acceptors (Lipinski definition) is 2. The van der Waals surface area contributed by atoms with Gasteiger partial charge in [-0.1, -0.05) is 48.8 Å². The van der Waals surface area contributed by atoms with Crippen molar-refractivity contribution in [2.24, 2.45) is 5.41 Å². The van der Waals surface area contributed by atoms with Crippen molar-refractivity contribution in [3.8, 4) is 5.75 Å². The number of Topliss-reactive ketones (excluding diaryl/α,β-unsaturated/α-hetero) is 1. The van der Waals surface area contributed by atoms with Crippen molar-refractivity contribution in [3.63, 3.8) is 0 Å². The van der Waals surface area contributed by atoms with Crippen molar-refractivity contribution in [2.75, 3.05) is 0 Å². The van der Waals surface area contributed by atoms with Gasteiger partial charge in [0, 0.05) is 17.3 Å². The minimum atomic E-state index is 0.0343. The van der Waals surface area contributed by atoms with Crippen LogP contribution in [0, 0.1) is 19.3 Å². The van der Waals surface area contributed by atoms with Gasteiger partial charge in [-0.05, 0) is 65.8 Å². The molecule has 134 valence electrons. The summed E-state index contributed by atoms with van der Waals surface area (Å²) in [4.78, 5) is 12.3. The number of ketones is 1. The van der Waals surface area contributed by atoms with Crippen LogP contribution in [0.5, 0.6) is 5.75 Å². The number of benzene rings is 2. The van der Waals surface area contributed by atoms with Gasteiger partial charge in [0.05, 0.1) is 0 Å². The maximum atomic E-state index is 12.3. The summed E-state index contributed by atoms with van der Waals surface area (Å²) < 4.78 is 7.00. The Morgan fingerprint density at radius 3 is 2.12 bits per heavy atom. The summed E-state index contributed by atoms with van der Waals surface area (Å²) in [5.41, 5.74) is 4.53. The Balaban J connectivity index is 2.06. The molecule has 0 aliphatic rings. The molecule has 0 bridgehead atoms. The molecule has 0 aliphatic heterocycles. The maximum Gasteiger partial charge on any atom is 0.137 e. The van der Waals surface area contributed by atoms with Crippen LogP contribution < -0.4 is 4.74 Å². The lowest BCUT2D eigenvalue weighted by molar-refractivity contribution is -0.120. The summed E-state index contributed by atoms with van der Waals surface area (Å²) in [5.74, 6) is 1.15. The van der Waals surface area contributed by atoms with Gasteiger partial charge >= 0.3 is 0 Å². The third-order valence-electron chi connectivity index (χ3n) is 4.09. The molecule has 0 atom stereocenters. The van der Waals surface area contributed by atoms with Crippen LogP contribution in [0.15, 0.2) is 40.9 Å². The van der Waals surface area contributed by atoms with Gasteiger partial charge in [0.2, 0.25) is 0 Å². The van der Waals surface area contributed by atoms with Crippen LogP contribution in [-0.2, 0) is 17.8 Å². The van der Waals surface area contributed by atoms with E-state index < -0.39 is 0 Å². The van der Waals surface area contributed by atoms with Crippen LogP contribution in [0.4, 0.5) is 0 Å². The van der Waals surface area contributed by atoms with Crippen LogP contribution in [0.3, 0.4) is 0 Å². The minimum absolute atomic E-state index is 0.0343. The van der Waals surface area contributed by atoms with Crippen LogP contribution in [0.25, 0.3) is 0 Å². The summed E-state index contributed by atoms with van der Waals surface area (Å²) in [6, 6.07) is 12.2. The fraction of sp³-hybridized carbons (Fsp3) is 0.409. The highest BCUT2D eigenvalue weighted by Crippen LogP contribution is 2.26. The van der Waals surface area contributed by atoms with Crippen molar-refractivity contribution in [1.82, 2.24) is 0 Å². The zero-order chi connectivity index (χ0) is 18.6. The number of aryl methyl sites for hydroxylation is 2. The van der Waals surface area contributed by atoms with E-state index in [0.29, 0.717) is 25.2 Å². The Bertz CT molecular complexity index is 717. The molecule has 0 heterocycles. The fourth-order valence-electron chi connectivity index (χ4n) is 2.91. The zero-order valence-electron chi connectivity index (χ0n) is 15.8. The van der Waals surface area contributed by atoms with Gasteiger partial charge in [-0.15, -0.1) is 0 Å². The first-order valence-electron chi connectivity index (χ1n) is 8.63. The van der Waals surface area contributed by atoms with Crippen molar-refractivity contribution >= 4 is 21.7 Å². The second-order valence-electron chi connectivity index (χ2n) is 7.90. The molecule has 0 amide bonds. The Labute approximate surface area is 159 Å². The summed E-state index contributed by atoms with van der Waals surface area (Å²) in [6.07, 6.45) is 1.11. The Kier molecular flexibility index (Phi) is 6.45. The van der Waals surface area contributed by atoms with E-state index in [4.69, 9.17) is 4.74 Å². The number of carbonyl (C=O) groups excluding carboxylic acids is 1. The summed E-state index contributed by atoms with van der Waals surface area (Å²) in [7, 11) is 0. The van der Waals surface area contributed by atoms with Gasteiger partial charge in [0.15, 0.2) is 0 Å². The summed E-state index contributed by atoms with van der Waals surface area (Å²) in [5, 5.41) is 0. The number of hydrogen-bond donors (Lipinski definition) is 0. The molecule has 0 aliphatic carbocycles. The van der Waals surface area contributed by atoms with Gasteiger partial charge < -0.3 is 4.74 Å². The molecule has 0 aromatic heterocycles. The predicted molar refractivity (Wildman–Crippen MR) is 107 cm³/mol. The van der Waals surface area contributed by atoms with Crippen molar-refractivity contribution in [3.05, 3.63) is 63.1 Å². The third kappa shape index (κ3) is 6.32. The topological polar surface area (TPSA) is 26.3 Å². The van der Waals surface area contributed by atoms with E-state index in [9.17, 15) is 4.79 Å². The molecule has 2 aromatic carbocycles. The summed E-state index contributed by atoms with van der Waals surface area (Å²) in [6.45, 7) is 10.9. The van der Waals surface area contributed by atoms with Gasteiger partial charge in [0.25, 0.3) is 0 Å². The second-order valence-corrected chi connectivity index (χ2v) is 8.82. The van der Waals surface area contributed by atoms with Crippen molar-refractivity contribution in [1.29, 1.82) is 0 Å². The second kappa shape index (κ2) is 8.18. The highest BCUT2D eigenvalue weighted by atomic mass is 79.9. The fourth-order valence-corrected chi connectivity index (χ4v) is 3.18. The maximum absolute atomic E-state index is 12.3. The van der Waals surface area contributed by atoms with Crippen molar-refractivity contribution < 1.29 is 9.53 Å². The van der Waals surface area contributed by atoms with E-state index in [1.165, 1.54) is 0 Å². The monoisotopic (exact) mass is 402 g/mol. The lowest BCUT2D eigenvalue weighted by atomic mass is 9.87. The van der Waals surface area contributed by atoms with Gasteiger partial charge in [0.1, 0.15) is 18.1 Å². The van der Waals surface area contributed by atoms with Crippen LogP contribution in [0.2, 0.25) is 0 Å². The molecule has 0 fully saturated rings. The lowest BCUT2D eigenvalue weighted by Gasteiger charge is -2.18. The van der Waals surface area contributed by atoms with Crippen molar-refractivity contribution in [2.45, 2.75) is 54.1 Å². The third-order valence-corrected chi connectivity index (χ3v) is 4.62. The zero-order valence-corrected chi connectivity index (χ0v) is 17.4. The summed E-state index contributed by atoms with van der Waals surface area (Å²) >= 11 is 3.44. The average Bonchev–Trinajstić information content (AvgIpc) is 2.48. The highest BCUT2D eigenvalue weighted by molar-refractivity contribution is 9.10. The molecule has 0 saturated carbocycles. The predicted octanol–water partition coefficient (Wildman–Crippen LogP) is 6.19. The van der Waals surface area contributed by atoms with E-state index in [0.717, 1.165) is 32.5 Å². The molecule has 2 nitrogen and oxygen atoms in total. The molecule has 0 unspecified atom stereocenters. The van der Waals surface area contributed by atoms with E-state index in [2.05, 4.69) is 50.5 Å². The molecule has 25 heavy (non-hydrogen) atoms. The quantitative estimate of drug-likeness (QED) is 0.575. The molecular weight excluding hydrogens is 376 g/mol. The molecule has 0 radical (unpaired) electrons. The molecule has 2 aromatic rings. The van der Waals surface area contributed by atoms with E-state index in [1.54, 1.807) is 0 Å². The first-order valence-corrected chi connectivity index (χ1v) is 9.42. The first kappa shape index (κ1) is 19.7. The van der Waals surface area contributed by atoms with Gasteiger partial charge in [-0.2, -0.15) is 0 Å². The van der Waals surface area contributed by atoms with E-state index in [-0.39, 0.29) is 5.41 Å². The molecule has 3 heteroatoms. The minimum Gasteiger partial charge on any atom is -0.489 e. The molecule has 2 rings (SSSR count). The van der Waals surface area contributed by atoms with E-state index in [1.807, 2.05) is 36.4 Å². The number of carbonyl (C=O) groups is 1. The Morgan fingerprint density at radius 1 is 1.04 bits per heavy atom. The molecular formula is C22H27BrO2. The highest BCUT2D eigenvalue weighted by Gasteiger charge is 2.18.